The molecule has 5 rings (SSSR count). The summed E-state index contributed by atoms with van der Waals surface area (Å²) in [6.45, 7) is 4.22. The molecule has 1 saturated heterocycles. The molecule has 6 heteroatoms. The number of pyridine rings is 1. The third kappa shape index (κ3) is 3.68. The maximum Gasteiger partial charge on any atom is 0.255 e. The van der Waals surface area contributed by atoms with Crippen molar-refractivity contribution in [1.29, 1.82) is 0 Å². The molecule has 0 spiro atoms. The van der Waals surface area contributed by atoms with Crippen molar-refractivity contribution in [2.45, 2.75) is 38.3 Å². The maximum atomic E-state index is 12.9. The largest absolute Gasteiger partial charge is 0.329 e. The van der Waals surface area contributed by atoms with Crippen LogP contribution in [0.3, 0.4) is 0 Å². The van der Waals surface area contributed by atoms with E-state index in [1.54, 1.807) is 17.3 Å². The zero-order valence-corrected chi connectivity index (χ0v) is 17.6. The second kappa shape index (κ2) is 8.04. The average molecular weight is 425 g/mol. The van der Waals surface area contributed by atoms with E-state index in [0.29, 0.717) is 49.1 Å². The first-order valence-corrected chi connectivity index (χ1v) is 10.8. The number of hydrogen-bond donors (Lipinski definition) is 1. The number of fused-ring (bicyclic) bond motifs is 2. The Balaban J connectivity index is 1.27. The lowest BCUT2D eigenvalue weighted by Crippen LogP contribution is -2.49. The van der Waals surface area contributed by atoms with Crippen LogP contribution in [0.2, 0.25) is 0 Å². The number of piperidine rings is 1. The number of nitrogens with one attached hydrogen (secondary N) is 1. The van der Waals surface area contributed by atoms with Crippen LogP contribution in [-0.4, -0.2) is 33.5 Å². The second-order valence-electron chi connectivity index (χ2n) is 8.43. The minimum Gasteiger partial charge on any atom is -0.329 e. The van der Waals surface area contributed by atoms with Crippen LogP contribution < -0.4 is 5.32 Å². The normalized spacial score (nSPS) is 18.1. The number of amides is 2. The van der Waals surface area contributed by atoms with Gasteiger partial charge < -0.3 is 10.2 Å². The highest BCUT2D eigenvalue weighted by Crippen LogP contribution is 2.29. The molecule has 2 aliphatic rings. The minimum absolute atomic E-state index is 0.0769. The van der Waals surface area contributed by atoms with E-state index < -0.39 is 6.04 Å². The summed E-state index contributed by atoms with van der Waals surface area (Å²) in [4.78, 5) is 43.7. The van der Waals surface area contributed by atoms with Gasteiger partial charge in [0.15, 0.2) is 5.78 Å². The lowest BCUT2D eigenvalue weighted by Gasteiger charge is -2.30. The van der Waals surface area contributed by atoms with Crippen molar-refractivity contribution in [1.82, 2.24) is 15.2 Å². The summed E-state index contributed by atoms with van der Waals surface area (Å²) in [6.07, 6.45) is 5.74. The van der Waals surface area contributed by atoms with Gasteiger partial charge in [-0.3, -0.25) is 19.4 Å². The number of carbonyl (C=O) groups is 3. The highest BCUT2D eigenvalue weighted by atomic mass is 16.2. The fourth-order valence-electron chi connectivity index (χ4n) is 4.52. The fraction of sp³-hybridized carbons (Fsp3) is 0.231. The summed E-state index contributed by atoms with van der Waals surface area (Å²) >= 11 is 0. The molecule has 160 valence electrons. The molecule has 1 N–H and O–H groups in total. The summed E-state index contributed by atoms with van der Waals surface area (Å²) in [5.41, 5.74) is 3.94. The van der Waals surface area contributed by atoms with E-state index >= 15 is 0 Å². The number of Topliss-reactive ketones (excluding diaryl/α,β-unsaturated/α-hetero) is 1. The summed E-state index contributed by atoms with van der Waals surface area (Å²) in [6, 6.07) is 12.8. The molecule has 0 saturated carbocycles. The predicted octanol–water partition coefficient (Wildman–Crippen LogP) is 3.80. The molecule has 0 aliphatic carbocycles. The number of nitrogens with zero attached hydrogens (tertiary/aromatic N) is 2. The Kier molecular flexibility index (Phi) is 5.05. The summed E-state index contributed by atoms with van der Waals surface area (Å²) in [5.74, 6) is -0.202. The highest BCUT2D eigenvalue weighted by molar-refractivity contribution is 6.02. The highest BCUT2D eigenvalue weighted by Gasteiger charge is 2.38. The van der Waals surface area contributed by atoms with Crippen LogP contribution >= 0.6 is 0 Å². The first-order chi connectivity index (χ1) is 15.5. The Morgan fingerprint density at radius 2 is 2.00 bits per heavy atom. The number of aromatic nitrogens is 1. The Morgan fingerprint density at radius 3 is 2.84 bits per heavy atom. The number of carbonyl (C=O) groups excluding carboxylic acids is 3. The summed E-state index contributed by atoms with van der Waals surface area (Å²) in [5, 5.41) is 4.76. The van der Waals surface area contributed by atoms with E-state index in [2.05, 4.69) is 16.9 Å². The molecule has 0 bridgehead atoms. The maximum absolute atomic E-state index is 12.9. The van der Waals surface area contributed by atoms with Gasteiger partial charge in [0, 0.05) is 47.6 Å². The number of allylic oxidation sites excluding steroid dienone is 1. The van der Waals surface area contributed by atoms with Gasteiger partial charge in [-0.05, 0) is 54.0 Å². The van der Waals surface area contributed by atoms with Gasteiger partial charge in [0.25, 0.3) is 5.91 Å². The van der Waals surface area contributed by atoms with Crippen molar-refractivity contribution in [3.63, 3.8) is 0 Å². The Hall–Kier alpha value is -3.80. The molecule has 2 amide bonds. The molecule has 1 atom stereocenters. The van der Waals surface area contributed by atoms with Gasteiger partial charge in [0.1, 0.15) is 6.04 Å². The standard InChI is InChI=1S/C26H23N3O3/c1-16-2-8-23(25(31)28-16)29-15-21-12-17(3-7-22(21)26(29)32)4-9-24(30)19-6-5-18-10-11-27-14-20(18)13-19/h3,5-7,10-14,23H,1-2,4,8-9,15H2,(H,28,31). The van der Waals surface area contributed by atoms with Crippen LogP contribution in [0.4, 0.5) is 0 Å². The Labute approximate surface area is 185 Å². The number of rotatable bonds is 5. The molecular weight excluding hydrogens is 402 g/mol. The molecule has 1 fully saturated rings. The molecular formula is C26H23N3O3. The summed E-state index contributed by atoms with van der Waals surface area (Å²) in [7, 11) is 0. The van der Waals surface area contributed by atoms with Crippen LogP contribution in [0.15, 0.2) is 67.1 Å². The molecule has 2 aliphatic heterocycles. The zero-order valence-electron chi connectivity index (χ0n) is 17.6. The van der Waals surface area contributed by atoms with E-state index in [-0.39, 0.29) is 17.6 Å². The molecule has 3 aromatic rings. The first kappa shape index (κ1) is 20.1. The molecule has 32 heavy (non-hydrogen) atoms. The van der Waals surface area contributed by atoms with E-state index in [1.165, 1.54) is 0 Å². The van der Waals surface area contributed by atoms with E-state index in [9.17, 15) is 14.4 Å². The van der Waals surface area contributed by atoms with Crippen LogP contribution in [0.1, 0.15) is 51.1 Å². The molecule has 6 nitrogen and oxygen atoms in total. The lowest BCUT2D eigenvalue weighted by molar-refractivity contribution is -0.126. The van der Waals surface area contributed by atoms with E-state index in [0.717, 1.165) is 21.9 Å². The van der Waals surface area contributed by atoms with Gasteiger partial charge in [0.05, 0.1) is 0 Å². The van der Waals surface area contributed by atoms with Crippen LogP contribution in [-0.2, 0) is 17.8 Å². The van der Waals surface area contributed by atoms with Crippen molar-refractivity contribution < 1.29 is 14.4 Å². The van der Waals surface area contributed by atoms with Crippen LogP contribution in [0.5, 0.6) is 0 Å². The average Bonchev–Trinajstić information content (AvgIpc) is 3.12. The molecule has 3 heterocycles. The smallest absolute Gasteiger partial charge is 0.255 e. The van der Waals surface area contributed by atoms with Crippen molar-refractivity contribution >= 4 is 28.4 Å². The van der Waals surface area contributed by atoms with Gasteiger partial charge in [0.2, 0.25) is 5.91 Å². The lowest BCUT2D eigenvalue weighted by atomic mass is 9.98. The van der Waals surface area contributed by atoms with Crippen LogP contribution in [0.25, 0.3) is 10.8 Å². The van der Waals surface area contributed by atoms with Crippen molar-refractivity contribution in [2.75, 3.05) is 0 Å². The fourth-order valence-corrected chi connectivity index (χ4v) is 4.52. The van der Waals surface area contributed by atoms with Gasteiger partial charge in [-0.15, -0.1) is 0 Å². The monoisotopic (exact) mass is 425 g/mol. The van der Waals surface area contributed by atoms with Gasteiger partial charge in [-0.1, -0.05) is 30.8 Å². The molecule has 0 radical (unpaired) electrons. The van der Waals surface area contributed by atoms with Crippen molar-refractivity contribution in [2.24, 2.45) is 0 Å². The third-order valence-corrected chi connectivity index (χ3v) is 6.30. The third-order valence-electron chi connectivity index (χ3n) is 6.30. The second-order valence-corrected chi connectivity index (χ2v) is 8.43. The Morgan fingerprint density at radius 1 is 1.12 bits per heavy atom. The molecule has 1 unspecified atom stereocenters. The number of aryl methyl sites for hydroxylation is 1. The van der Waals surface area contributed by atoms with Crippen molar-refractivity contribution in [3.8, 4) is 0 Å². The van der Waals surface area contributed by atoms with E-state index in [1.807, 2.05) is 42.5 Å². The topological polar surface area (TPSA) is 79.4 Å². The van der Waals surface area contributed by atoms with Gasteiger partial charge >= 0.3 is 0 Å². The number of benzene rings is 2. The predicted molar refractivity (Wildman–Crippen MR) is 121 cm³/mol. The van der Waals surface area contributed by atoms with Crippen LogP contribution in [0, 0.1) is 0 Å². The minimum atomic E-state index is -0.465. The number of ketones is 1. The molecule has 1 aromatic heterocycles. The quantitative estimate of drug-likeness (QED) is 0.631. The first-order valence-electron chi connectivity index (χ1n) is 10.8. The number of hydrogen-bond acceptors (Lipinski definition) is 4. The molecule has 2 aromatic carbocycles. The Bertz CT molecular complexity index is 1280. The summed E-state index contributed by atoms with van der Waals surface area (Å²) < 4.78 is 0. The zero-order chi connectivity index (χ0) is 22.2. The van der Waals surface area contributed by atoms with Gasteiger partial charge in [-0.2, -0.15) is 0 Å². The van der Waals surface area contributed by atoms with E-state index in [4.69, 9.17) is 0 Å². The van der Waals surface area contributed by atoms with Gasteiger partial charge in [-0.25, -0.2) is 0 Å². The SMILES string of the molecule is C=C1CCC(N2Cc3cc(CCC(=O)c4ccc5ccncc5c4)ccc3C2=O)C(=O)N1. The van der Waals surface area contributed by atoms with Crippen molar-refractivity contribution in [3.05, 3.63) is 89.4 Å².